The van der Waals surface area contributed by atoms with Crippen molar-refractivity contribution in [1.29, 1.82) is 0 Å². The Morgan fingerprint density at radius 2 is 1.59 bits per heavy atom. The van der Waals surface area contributed by atoms with Crippen molar-refractivity contribution in [3.8, 4) is 0 Å². The van der Waals surface area contributed by atoms with Crippen molar-refractivity contribution in [3.63, 3.8) is 0 Å². The van der Waals surface area contributed by atoms with E-state index in [1.165, 1.54) is 96.3 Å². The molecule has 0 aromatic carbocycles. The first-order chi connectivity index (χ1) is 15.2. The summed E-state index contributed by atoms with van der Waals surface area (Å²) in [7, 11) is 0. The van der Waals surface area contributed by atoms with Gasteiger partial charge >= 0.3 is 0 Å². The molecule has 4 bridgehead atoms. The third kappa shape index (κ3) is 7.37. The summed E-state index contributed by atoms with van der Waals surface area (Å²) in [5.74, 6) is 7.34. The predicted molar refractivity (Wildman–Crippen MR) is 143 cm³/mol. The quantitative estimate of drug-likeness (QED) is 0.381. The molecule has 0 aromatic rings. The third-order valence-electron chi connectivity index (χ3n) is 10.8. The normalized spacial score (nSPS) is 43.6. The molecule has 0 spiro atoms. The van der Waals surface area contributed by atoms with Gasteiger partial charge in [0.25, 0.3) is 0 Å². The van der Waals surface area contributed by atoms with Crippen molar-refractivity contribution in [1.82, 2.24) is 0 Å². The van der Waals surface area contributed by atoms with Crippen LogP contribution in [-0.2, 0) is 0 Å². The Kier molecular flexibility index (Phi) is 9.82. The van der Waals surface area contributed by atoms with Crippen LogP contribution in [-0.4, -0.2) is 0 Å². The van der Waals surface area contributed by atoms with Crippen LogP contribution in [0.5, 0.6) is 0 Å². The fourth-order valence-electron chi connectivity index (χ4n) is 8.22. The molecule has 4 aliphatic carbocycles. The topological polar surface area (TPSA) is 0 Å². The number of hydrogen-bond donors (Lipinski definition) is 0. The minimum atomic E-state index is 0.501. The van der Waals surface area contributed by atoms with Crippen LogP contribution in [0, 0.1) is 52.8 Å². The SMILES string of the molecule is C=C1CCC(CC(C)CC)CC(C)CCC2CC3CCC(CC3)CC(C)(CC2C)C(C)C1. The summed E-state index contributed by atoms with van der Waals surface area (Å²) in [6.45, 7) is 20.0. The van der Waals surface area contributed by atoms with E-state index >= 15 is 0 Å². The average molecular weight is 443 g/mol. The van der Waals surface area contributed by atoms with E-state index in [2.05, 4.69) is 48.1 Å². The molecule has 0 amide bonds. The highest BCUT2D eigenvalue weighted by molar-refractivity contribution is 5.00. The highest BCUT2D eigenvalue weighted by atomic mass is 14.4. The zero-order valence-corrected chi connectivity index (χ0v) is 22.9. The maximum Gasteiger partial charge on any atom is -0.0292 e. The van der Waals surface area contributed by atoms with Crippen LogP contribution in [0.25, 0.3) is 0 Å². The maximum absolute atomic E-state index is 4.64. The average Bonchev–Trinajstić information content (AvgIpc) is 2.75. The Morgan fingerprint density at radius 1 is 0.906 bits per heavy atom. The molecule has 4 aliphatic rings. The lowest BCUT2D eigenvalue weighted by molar-refractivity contribution is 0.0505. The van der Waals surface area contributed by atoms with Gasteiger partial charge in [-0.25, -0.2) is 0 Å². The van der Waals surface area contributed by atoms with Gasteiger partial charge in [-0.3, -0.25) is 0 Å². The van der Waals surface area contributed by atoms with E-state index in [1.54, 1.807) is 5.57 Å². The molecule has 0 nitrogen and oxygen atoms in total. The van der Waals surface area contributed by atoms with Gasteiger partial charge < -0.3 is 0 Å². The Bertz CT molecular complexity index is 567. The van der Waals surface area contributed by atoms with Crippen LogP contribution in [0.15, 0.2) is 12.2 Å². The molecule has 0 aromatic heterocycles. The highest BCUT2D eigenvalue weighted by Gasteiger charge is 2.40. The van der Waals surface area contributed by atoms with Crippen molar-refractivity contribution >= 4 is 0 Å². The first kappa shape index (κ1) is 26.3. The predicted octanol–water partition coefficient (Wildman–Crippen LogP) is 10.5. The fourth-order valence-corrected chi connectivity index (χ4v) is 8.22. The standard InChI is InChI=1S/C32H58/c1-8-23(2)18-30-11-9-24(3)17-27(6)32(7)21-26(5)31(16-10-25(4)19-30)20-28-12-14-29(22-32)15-13-28/h23,25-31H,3,8-22H2,1-2,4-7H3. The van der Waals surface area contributed by atoms with Crippen LogP contribution in [0.2, 0.25) is 0 Å². The smallest absolute Gasteiger partial charge is 0.0292 e. The van der Waals surface area contributed by atoms with E-state index in [1.807, 2.05) is 0 Å². The van der Waals surface area contributed by atoms with Crippen molar-refractivity contribution in [2.24, 2.45) is 52.8 Å². The molecular formula is C32H58. The second kappa shape index (κ2) is 11.9. The Balaban J connectivity index is 1.83. The van der Waals surface area contributed by atoms with E-state index in [0.29, 0.717) is 5.41 Å². The largest absolute Gasteiger partial charge is 0.0999 e. The fraction of sp³-hybridized carbons (Fsp3) is 0.938. The summed E-state index contributed by atoms with van der Waals surface area (Å²) in [6, 6.07) is 0. The van der Waals surface area contributed by atoms with Crippen LogP contribution >= 0.6 is 0 Å². The molecule has 0 radical (unpaired) electrons. The molecule has 0 saturated heterocycles. The van der Waals surface area contributed by atoms with E-state index < -0.39 is 0 Å². The third-order valence-corrected chi connectivity index (χ3v) is 10.8. The zero-order valence-electron chi connectivity index (χ0n) is 22.9. The molecule has 4 fully saturated rings. The molecule has 4 rings (SSSR count). The Labute approximate surface area is 202 Å². The van der Waals surface area contributed by atoms with Crippen LogP contribution in [0.3, 0.4) is 0 Å². The van der Waals surface area contributed by atoms with Crippen LogP contribution in [0.1, 0.15) is 138 Å². The lowest BCUT2D eigenvalue weighted by Crippen LogP contribution is -2.36. The van der Waals surface area contributed by atoms with Gasteiger partial charge in [0.15, 0.2) is 0 Å². The molecule has 186 valence electrons. The summed E-state index contributed by atoms with van der Waals surface area (Å²) >= 11 is 0. The Hall–Kier alpha value is -0.260. The van der Waals surface area contributed by atoms with E-state index in [-0.39, 0.29) is 0 Å². The van der Waals surface area contributed by atoms with Crippen LogP contribution in [0.4, 0.5) is 0 Å². The van der Waals surface area contributed by atoms with Gasteiger partial charge in [0, 0.05) is 0 Å². The Morgan fingerprint density at radius 3 is 2.28 bits per heavy atom. The highest BCUT2D eigenvalue weighted by Crippen LogP contribution is 2.51. The summed E-state index contributed by atoms with van der Waals surface area (Å²) in [4.78, 5) is 0. The van der Waals surface area contributed by atoms with E-state index in [0.717, 1.165) is 47.3 Å². The molecule has 0 heterocycles. The molecule has 0 heteroatoms. The maximum atomic E-state index is 4.64. The summed E-state index contributed by atoms with van der Waals surface area (Å²) < 4.78 is 0. The second-order valence-electron chi connectivity index (χ2n) is 13.8. The number of hydrogen-bond acceptors (Lipinski definition) is 0. The van der Waals surface area contributed by atoms with Gasteiger partial charge in [-0.15, -0.1) is 0 Å². The van der Waals surface area contributed by atoms with Crippen molar-refractivity contribution in [2.75, 3.05) is 0 Å². The van der Waals surface area contributed by atoms with Gasteiger partial charge in [-0.2, -0.15) is 0 Å². The number of allylic oxidation sites excluding steroid dienone is 1. The number of rotatable bonds is 3. The molecular weight excluding hydrogens is 384 g/mol. The van der Waals surface area contributed by atoms with E-state index in [9.17, 15) is 0 Å². The van der Waals surface area contributed by atoms with Crippen LogP contribution < -0.4 is 0 Å². The molecule has 0 N–H and O–H groups in total. The van der Waals surface area contributed by atoms with Gasteiger partial charge in [0.05, 0.1) is 0 Å². The van der Waals surface area contributed by atoms with Crippen molar-refractivity contribution in [3.05, 3.63) is 12.2 Å². The number of fused-ring (bicyclic) bond motifs is 2. The van der Waals surface area contributed by atoms with Crippen molar-refractivity contribution in [2.45, 2.75) is 138 Å². The van der Waals surface area contributed by atoms with E-state index in [4.69, 9.17) is 0 Å². The minimum Gasteiger partial charge on any atom is -0.0999 e. The van der Waals surface area contributed by atoms with Gasteiger partial charge in [-0.05, 0) is 111 Å². The molecule has 4 saturated carbocycles. The first-order valence-corrected chi connectivity index (χ1v) is 14.8. The molecule has 7 unspecified atom stereocenters. The summed E-state index contributed by atoms with van der Waals surface area (Å²) in [5.41, 5.74) is 2.06. The second-order valence-corrected chi connectivity index (χ2v) is 13.8. The monoisotopic (exact) mass is 442 g/mol. The molecule has 32 heavy (non-hydrogen) atoms. The molecule has 0 aliphatic heterocycles. The summed E-state index contributed by atoms with van der Waals surface area (Å²) in [5, 5.41) is 0. The summed E-state index contributed by atoms with van der Waals surface area (Å²) in [6.07, 6.45) is 21.7. The zero-order chi connectivity index (χ0) is 23.3. The lowest BCUT2D eigenvalue weighted by atomic mass is 9.59. The van der Waals surface area contributed by atoms with Gasteiger partial charge in [-0.1, -0.05) is 92.2 Å². The van der Waals surface area contributed by atoms with Crippen molar-refractivity contribution < 1.29 is 0 Å². The van der Waals surface area contributed by atoms with Gasteiger partial charge in [0.2, 0.25) is 0 Å². The first-order valence-electron chi connectivity index (χ1n) is 14.8. The van der Waals surface area contributed by atoms with Gasteiger partial charge in [0.1, 0.15) is 0 Å². The molecule has 7 atom stereocenters. The lowest BCUT2D eigenvalue weighted by Gasteiger charge is -2.46. The minimum absolute atomic E-state index is 0.501.